The molecule has 8 nitrogen and oxygen atoms in total. The van der Waals surface area contributed by atoms with Crippen LogP contribution in [0, 0.1) is 25.5 Å². The third-order valence-electron chi connectivity index (χ3n) is 7.00. The zero-order chi connectivity index (χ0) is 30.2. The van der Waals surface area contributed by atoms with Gasteiger partial charge in [-0.15, -0.1) is 11.8 Å². The number of para-hydroxylation sites is 1. The summed E-state index contributed by atoms with van der Waals surface area (Å²) >= 11 is 1.31. The number of hydrogen-bond donors (Lipinski definition) is 3. The maximum Gasteiger partial charge on any atom is 0.258 e. The summed E-state index contributed by atoms with van der Waals surface area (Å²) in [6, 6.07) is 16.1. The topological polar surface area (TPSA) is 108 Å². The number of thioether (sulfide) groups is 1. The molecular formula is C31H33F2N3O5S. The van der Waals surface area contributed by atoms with E-state index in [0.29, 0.717) is 5.75 Å². The number of aliphatic hydroxyl groups excluding tert-OH is 1. The van der Waals surface area contributed by atoms with Crippen molar-refractivity contribution in [3.8, 4) is 5.75 Å². The number of nitrogens with zero attached hydrogens (tertiary/aromatic N) is 1. The number of amides is 3. The second-order valence-electron chi connectivity index (χ2n) is 10.1. The molecule has 222 valence electrons. The molecule has 1 heterocycles. The number of aryl methyl sites for hydroxylation is 2. The summed E-state index contributed by atoms with van der Waals surface area (Å²) < 4.78 is 33.8. The van der Waals surface area contributed by atoms with Crippen LogP contribution in [0.1, 0.15) is 22.3 Å². The lowest BCUT2D eigenvalue weighted by atomic mass is 9.99. The molecule has 0 radical (unpaired) electrons. The summed E-state index contributed by atoms with van der Waals surface area (Å²) in [5.74, 6) is -2.50. The van der Waals surface area contributed by atoms with Crippen molar-refractivity contribution < 1.29 is 33.0 Å². The SMILES string of the molecule is Cc1cccc(C)c1OCC(=O)NC(Cc1ccccc1)C(O)C(=O)N1CSCC1C(=O)NCc1c(F)cccc1F. The Morgan fingerprint density at radius 3 is 2.31 bits per heavy atom. The lowest BCUT2D eigenvalue weighted by molar-refractivity contribution is -0.146. The quantitative estimate of drug-likeness (QED) is 0.313. The van der Waals surface area contributed by atoms with Crippen LogP contribution in [0.25, 0.3) is 0 Å². The van der Waals surface area contributed by atoms with Crippen LogP contribution in [-0.4, -0.2) is 64.2 Å². The first-order valence-electron chi connectivity index (χ1n) is 13.4. The third-order valence-corrected chi connectivity index (χ3v) is 8.02. The Labute approximate surface area is 247 Å². The molecule has 1 fully saturated rings. The highest BCUT2D eigenvalue weighted by Crippen LogP contribution is 2.24. The van der Waals surface area contributed by atoms with Gasteiger partial charge in [0.1, 0.15) is 23.4 Å². The van der Waals surface area contributed by atoms with E-state index in [1.165, 1.54) is 22.7 Å². The van der Waals surface area contributed by atoms with Gasteiger partial charge in [0.25, 0.3) is 11.8 Å². The standard InChI is InChI=1S/C31H33F2N3O5S/c1-19-8-6-9-20(2)29(19)41-16-27(37)35-25(14-21-10-4-3-5-11-21)28(38)31(40)36-18-42-17-26(36)30(39)34-15-22-23(32)12-7-13-24(22)33/h3-13,25-26,28,38H,14-18H2,1-2H3,(H,34,39)(H,35,37). The highest BCUT2D eigenvalue weighted by atomic mass is 32.2. The molecule has 1 aliphatic heterocycles. The molecule has 4 rings (SSSR count). The van der Waals surface area contributed by atoms with Crippen molar-refractivity contribution in [3.63, 3.8) is 0 Å². The first-order valence-corrected chi connectivity index (χ1v) is 14.6. The van der Waals surface area contributed by atoms with Crippen LogP contribution in [0.15, 0.2) is 66.7 Å². The number of carbonyl (C=O) groups excluding carboxylic acids is 3. The fourth-order valence-electron chi connectivity index (χ4n) is 4.74. The van der Waals surface area contributed by atoms with E-state index in [1.54, 1.807) is 0 Å². The molecule has 3 unspecified atom stereocenters. The summed E-state index contributed by atoms with van der Waals surface area (Å²) in [7, 11) is 0. The molecular weight excluding hydrogens is 564 g/mol. The Hall–Kier alpha value is -3.96. The number of aliphatic hydroxyl groups is 1. The van der Waals surface area contributed by atoms with Crippen LogP contribution < -0.4 is 15.4 Å². The third kappa shape index (κ3) is 7.65. The van der Waals surface area contributed by atoms with Crippen molar-refractivity contribution in [2.75, 3.05) is 18.2 Å². The van der Waals surface area contributed by atoms with Gasteiger partial charge in [-0.3, -0.25) is 14.4 Å². The van der Waals surface area contributed by atoms with Crippen molar-refractivity contribution >= 4 is 29.5 Å². The molecule has 3 N–H and O–H groups in total. The summed E-state index contributed by atoms with van der Waals surface area (Å²) in [6.45, 7) is 3.02. The Bertz CT molecular complexity index is 1380. The molecule has 0 spiro atoms. The molecule has 0 aliphatic carbocycles. The van der Waals surface area contributed by atoms with Gasteiger partial charge in [0, 0.05) is 17.9 Å². The van der Waals surface area contributed by atoms with Crippen LogP contribution in [-0.2, 0) is 27.3 Å². The van der Waals surface area contributed by atoms with Gasteiger partial charge in [-0.1, -0.05) is 54.6 Å². The van der Waals surface area contributed by atoms with Gasteiger partial charge >= 0.3 is 0 Å². The molecule has 11 heteroatoms. The van der Waals surface area contributed by atoms with E-state index in [9.17, 15) is 28.3 Å². The average molecular weight is 598 g/mol. The summed E-state index contributed by atoms with van der Waals surface area (Å²) in [4.78, 5) is 40.6. The number of rotatable bonds is 11. The van der Waals surface area contributed by atoms with E-state index < -0.39 is 54.1 Å². The van der Waals surface area contributed by atoms with E-state index in [0.717, 1.165) is 28.8 Å². The second kappa shape index (κ2) is 14.3. The predicted octanol–water partition coefficient (Wildman–Crippen LogP) is 3.27. The predicted molar refractivity (Wildman–Crippen MR) is 156 cm³/mol. The van der Waals surface area contributed by atoms with Gasteiger partial charge in [0.15, 0.2) is 12.7 Å². The van der Waals surface area contributed by atoms with E-state index in [1.807, 2.05) is 62.4 Å². The van der Waals surface area contributed by atoms with Crippen LogP contribution >= 0.6 is 11.8 Å². The van der Waals surface area contributed by atoms with Crippen LogP contribution in [0.4, 0.5) is 8.78 Å². The minimum Gasteiger partial charge on any atom is -0.483 e. The molecule has 1 saturated heterocycles. The molecule has 3 atom stereocenters. The van der Waals surface area contributed by atoms with Crippen LogP contribution in [0.3, 0.4) is 0 Å². The normalized spacial score (nSPS) is 16.0. The molecule has 3 aromatic carbocycles. The maximum atomic E-state index is 14.0. The highest BCUT2D eigenvalue weighted by molar-refractivity contribution is 7.99. The monoisotopic (exact) mass is 597 g/mol. The number of ether oxygens (including phenoxy) is 1. The smallest absolute Gasteiger partial charge is 0.258 e. The van der Waals surface area contributed by atoms with Gasteiger partial charge in [0.05, 0.1) is 11.9 Å². The molecule has 0 bridgehead atoms. The van der Waals surface area contributed by atoms with Gasteiger partial charge in [0.2, 0.25) is 5.91 Å². The number of carbonyl (C=O) groups is 3. The van der Waals surface area contributed by atoms with Gasteiger partial charge < -0.3 is 25.4 Å². The van der Waals surface area contributed by atoms with Gasteiger partial charge in [-0.05, 0) is 49.1 Å². The Kier molecular flexibility index (Phi) is 10.5. The van der Waals surface area contributed by atoms with Crippen LogP contribution in [0.5, 0.6) is 5.75 Å². The number of hydrogen-bond acceptors (Lipinski definition) is 6. The van der Waals surface area contributed by atoms with E-state index in [4.69, 9.17) is 4.74 Å². The summed E-state index contributed by atoms with van der Waals surface area (Å²) in [5, 5.41) is 16.4. The molecule has 42 heavy (non-hydrogen) atoms. The lowest BCUT2D eigenvalue weighted by Gasteiger charge is -2.30. The van der Waals surface area contributed by atoms with E-state index >= 15 is 0 Å². The zero-order valence-electron chi connectivity index (χ0n) is 23.3. The number of halogens is 2. The van der Waals surface area contributed by atoms with Crippen molar-refractivity contribution in [2.24, 2.45) is 0 Å². The van der Waals surface area contributed by atoms with Gasteiger partial charge in [-0.2, -0.15) is 0 Å². The minimum absolute atomic E-state index is 0.129. The van der Waals surface area contributed by atoms with Crippen LogP contribution in [0.2, 0.25) is 0 Å². The first kappa shape index (κ1) is 31.0. The second-order valence-corrected chi connectivity index (χ2v) is 11.1. The zero-order valence-corrected chi connectivity index (χ0v) is 24.1. The Morgan fingerprint density at radius 2 is 1.64 bits per heavy atom. The van der Waals surface area contributed by atoms with E-state index in [-0.39, 0.29) is 30.2 Å². The van der Waals surface area contributed by atoms with Crippen molar-refractivity contribution in [3.05, 3.63) is 101 Å². The Morgan fingerprint density at radius 1 is 1.00 bits per heavy atom. The molecule has 0 aromatic heterocycles. The van der Waals surface area contributed by atoms with Crippen molar-refractivity contribution in [1.82, 2.24) is 15.5 Å². The minimum atomic E-state index is -1.67. The van der Waals surface area contributed by atoms with Crippen molar-refractivity contribution in [1.29, 1.82) is 0 Å². The molecule has 0 saturated carbocycles. The first-order chi connectivity index (χ1) is 20.2. The summed E-state index contributed by atoms with van der Waals surface area (Å²) in [5.41, 5.74) is 2.23. The fourth-order valence-corrected chi connectivity index (χ4v) is 5.90. The summed E-state index contributed by atoms with van der Waals surface area (Å²) in [6.07, 6.45) is -1.53. The Balaban J connectivity index is 1.44. The fraction of sp³-hybridized carbons (Fsp3) is 0.323. The number of nitrogens with one attached hydrogen (secondary N) is 2. The van der Waals surface area contributed by atoms with Gasteiger partial charge in [-0.25, -0.2) is 8.78 Å². The number of benzene rings is 3. The lowest BCUT2D eigenvalue weighted by Crippen LogP contribution is -2.56. The molecule has 1 aliphatic rings. The average Bonchev–Trinajstić information content (AvgIpc) is 3.46. The van der Waals surface area contributed by atoms with Crippen molar-refractivity contribution in [2.45, 2.75) is 45.0 Å². The maximum absolute atomic E-state index is 14.0. The molecule has 3 amide bonds. The van der Waals surface area contributed by atoms with E-state index in [2.05, 4.69) is 10.6 Å². The molecule has 3 aromatic rings. The largest absolute Gasteiger partial charge is 0.483 e. The highest BCUT2D eigenvalue weighted by Gasteiger charge is 2.40.